The van der Waals surface area contributed by atoms with Crippen molar-refractivity contribution in [3.05, 3.63) is 0 Å². The highest BCUT2D eigenvalue weighted by molar-refractivity contribution is 4.62. The molecule has 1 heteroatoms. The van der Waals surface area contributed by atoms with Crippen molar-refractivity contribution in [3.8, 4) is 0 Å². The Morgan fingerprint density at radius 3 is 2.15 bits per heavy atom. The second-order valence-corrected chi connectivity index (χ2v) is 4.84. The SMILES string of the molecule is CCCC[C@@H](CC)COC(C)(C)C. The van der Waals surface area contributed by atoms with Crippen LogP contribution in [0.3, 0.4) is 0 Å². The average Bonchev–Trinajstić information content (AvgIpc) is 2.03. The Morgan fingerprint density at radius 2 is 1.77 bits per heavy atom. The van der Waals surface area contributed by atoms with Gasteiger partial charge in [0.2, 0.25) is 0 Å². The fraction of sp³-hybridized carbons (Fsp3) is 1.00. The van der Waals surface area contributed by atoms with E-state index in [2.05, 4.69) is 34.6 Å². The van der Waals surface area contributed by atoms with Crippen LogP contribution in [0.5, 0.6) is 0 Å². The molecular weight excluding hydrogens is 160 g/mol. The molecule has 0 saturated carbocycles. The summed E-state index contributed by atoms with van der Waals surface area (Å²) in [7, 11) is 0. The Kier molecular flexibility index (Phi) is 6.40. The van der Waals surface area contributed by atoms with Crippen LogP contribution in [-0.2, 0) is 4.74 Å². The van der Waals surface area contributed by atoms with Gasteiger partial charge in [-0.2, -0.15) is 0 Å². The fourth-order valence-electron chi connectivity index (χ4n) is 1.27. The number of unbranched alkanes of at least 4 members (excludes halogenated alkanes) is 1. The molecule has 0 radical (unpaired) electrons. The van der Waals surface area contributed by atoms with Crippen LogP contribution in [0, 0.1) is 5.92 Å². The largest absolute Gasteiger partial charge is 0.376 e. The van der Waals surface area contributed by atoms with E-state index in [0.717, 1.165) is 12.5 Å². The molecule has 0 fully saturated rings. The van der Waals surface area contributed by atoms with Crippen molar-refractivity contribution in [1.29, 1.82) is 0 Å². The van der Waals surface area contributed by atoms with Crippen molar-refractivity contribution >= 4 is 0 Å². The van der Waals surface area contributed by atoms with Crippen molar-refractivity contribution in [1.82, 2.24) is 0 Å². The van der Waals surface area contributed by atoms with Gasteiger partial charge in [-0.15, -0.1) is 0 Å². The molecule has 0 saturated heterocycles. The molecule has 0 bridgehead atoms. The molecule has 0 aromatic heterocycles. The van der Waals surface area contributed by atoms with E-state index in [1.54, 1.807) is 0 Å². The first kappa shape index (κ1) is 13.0. The first-order valence-corrected chi connectivity index (χ1v) is 5.63. The molecule has 0 amide bonds. The van der Waals surface area contributed by atoms with E-state index < -0.39 is 0 Å². The molecule has 1 nitrogen and oxygen atoms in total. The lowest BCUT2D eigenvalue weighted by Gasteiger charge is -2.23. The molecule has 0 aliphatic rings. The van der Waals surface area contributed by atoms with E-state index in [0.29, 0.717) is 0 Å². The molecule has 0 aromatic rings. The zero-order valence-corrected chi connectivity index (χ0v) is 10.0. The number of rotatable bonds is 6. The van der Waals surface area contributed by atoms with Crippen LogP contribution in [-0.4, -0.2) is 12.2 Å². The van der Waals surface area contributed by atoms with Gasteiger partial charge in [-0.1, -0.05) is 33.1 Å². The van der Waals surface area contributed by atoms with Gasteiger partial charge >= 0.3 is 0 Å². The number of ether oxygens (including phenoxy) is 1. The molecule has 13 heavy (non-hydrogen) atoms. The van der Waals surface area contributed by atoms with Crippen LogP contribution in [0.2, 0.25) is 0 Å². The van der Waals surface area contributed by atoms with Gasteiger partial charge < -0.3 is 4.74 Å². The Labute approximate surface area is 83.9 Å². The maximum absolute atomic E-state index is 5.78. The molecule has 0 aromatic carbocycles. The standard InChI is InChI=1S/C12H26O/c1-6-8-9-11(7-2)10-13-12(3,4)5/h11H,6-10H2,1-5H3/t11-/m1/s1. The van der Waals surface area contributed by atoms with Gasteiger partial charge in [0.15, 0.2) is 0 Å². The number of hydrogen-bond donors (Lipinski definition) is 0. The van der Waals surface area contributed by atoms with Gasteiger partial charge in [-0.3, -0.25) is 0 Å². The molecule has 1 atom stereocenters. The van der Waals surface area contributed by atoms with E-state index in [4.69, 9.17) is 4.74 Å². The first-order valence-electron chi connectivity index (χ1n) is 5.63. The van der Waals surface area contributed by atoms with Crippen LogP contribution >= 0.6 is 0 Å². The van der Waals surface area contributed by atoms with E-state index in [9.17, 15) is 0 Å². The van der Waals surface area contributed by atoms with Crippen LogP contribution in [0.15, 0.2) is 0 Å². The topological polar surface area (TPSA) is 9.23 Å². The Balaban J connectivity index is 3.59. The van der Waals surface area contributed by atoms with Crippen LogP contribution in [0.1, 0.15) is 60.3 Å². The van der Waals surface area contributed by atoms with Crippen molar-refractivity contribution in [2.75, 3.05) is 6.61 Å². The zero-order chi connectivity index (χ0) is 10.3. The summed E-state index contributed by atoms with van der Waals surface area (Å²) >= 11 is 0. The van der Waals surface area contributed by atoms with Gasteiger partial charge in [-0.25, -0.2) is 0 Å². The van der Waals surface area contributed by atoms with Crippen molar-refractivity contribution in [2.45, 2.75) is 65.9 Å². The van der Waals surface area contributed by atoms with Crippen LogP contribution < -0.4 is 0 Å². The first-order chi connectivity index (χ1) is 5.99. The van der Waals surface area contributed by atoms with E-state index in [1.807, 2.05) is 0 Å². The summed E-state index contributed by atoms with van der Waals surface area (Å²) in [6.07, 6.45) is 5.21. The Hall–Kier alpha value is -0.0400. The minimum absolute atomic E-state index is 0.0274. The summed E-state index contributed by atoms with van der Waals surface area (Å²) in [6, 6.07) is 0. The molecule has 80 valence electrons. The van der Waals surface area contributed by atoms with Gasteiger partial charge in [0.25, 0.3) is 0 Å². The third kappa shape index (κ3) is 8.29. The quantitative estimate of drug-likeness (QED) is 0.609. The van der Waals surface area contributed by atoms with Crippen LogP contribution in [0.4, 0.5) is 0 Å². The molecular formula is C12H26O. The summed E-state index contributed by atoms with van der Waals surface area (Å²) in [4.78, 5) is 0. The average molecular weight is 186 g/mol. The van der Waals surface area contributed by atoms with Crippen molar-refractivity contribution in [3.63, 3.8) is 0 Å². The third-order valence-corrected chi connectivity index (χ3v) is 2.30. The van der Waals surface area contributed by atoms with Gasteiger partial charge in [0, 0.05) is 0 Å². The highest BCUT2D eigenvalue weighted by Gasteiger charge is 2.13. The minimum Gasteiger partial charge on any atom is -0.376 e. The van der Waals surface area contributed by atoms with Gasteiger partial charge in [0.05, 0.1) is 12.2 Å². The fourth-order valence-corrected chi connectivity index (χ4v) is 1.27. The smallest absolute Gasteiger partial charge is 0.0598 e. The molecule has 0 heterocycles. The molecule has 0 rings (SSSR count). The molecule has 0 N–H and O–H groups in total. The van der Waals surface area contributed by atoms with Crippen molar-refractivity contribution < 1.29 is 4.74 Å². The maximum Gasteiger partial charge on any atom is 0.0598 e. The predicted octanol–water partition coefficient (Wildman–Crippen LogP) is 4.02. The second-order valence-electron chi connectivity index (χ2n) is 4.84. The number of hydrogen-bond acceptors (Lipinski definition) is 1. The summed E-state index contributed by atoms with van der Waals surface area (Å²) in [6.45, 7) is 11.8. The molecule has 0 spiro atoms. The Morgan fingerprint density at radius 1 is 1.15 bits per heavy atom. The lowest BCUT2D eigenvalue weighted by Crippen LogP contribution is -2.23. The van der Waals surface area contributed by atoms with E-state index in [1.165, 1.54) is 25.7 Å². The summed E-state index contributed by atoms with van der Waals surface area (Å²) in [5.74, 6) is 0.763. The van der Waals surface area contributed by atoms with Gasteiger partial charge in [-0.05, 0) is 33.1 Å². The summed E-state index contributed by atoms with van der Waals surface area (Å²) in [5.41, 5.74) is 0.0274. The zero-order valence-electron chi connectivity index (χ0n) is 10.0. The summed E-state index contributed by atoms with van der Waals surface area (Å²) < 4.78 is 5.78. The lowest BCUT2D eigenvalue weighted by atomic mass is 10.0. The highest BCUT2D eigenvalue weighted by Crippen LogP contribution is 2.16. The minimum atomic E-state index is 0.0274. The molecule has 0 aliphatic carbocycles. The molecule has 0 unspecified atom stereocenters. The molecule has 0 aliphatic heterocycles. The lowest BCUT2D eigenvalue weighted by molar-refractivity contribution is -0.0243. The predicted molar refractivity (Wildman–Crippen MR) is 59.0 cm³/mol. The maximum atomic E-state index is 5.78. The monoisotopic (exact) mass is 186 g/mol. The normalized spacial score (nSPS) is 14.5. The van der Waals surface area contributed by atoms with E-state index in [-0.39, 0.29) is 5.60 Å². The van der Waals surface area contributed by atoms with E-state index >= 15 is 0 Å². The second kappa shape index (κ2) is 6.42. The van der Waals surface area contributed by atoms with Crippen molar-refractivity contribution in [2.24, 2.45) is 5.92 Å². The van der Waals surface area contributed by atoms with Gasteiger partial charge in [0.1, 0.15) is 0 Å². The Bertz CT molecular complexity index is 113. The van der Waals surface area contributed by atoms with Crippen LogP contribution in [0.25, 0.3) is 0 Å². The summed E-state index contributed by atoms with van der Waals surface area (Å²) in [5, 5.41) is 0. The third-order valence-electron chi connectivity index (χ3n) is 2.30. The highest BCUT2D eigenvalue weighted by atomic mass is 16.5.